The Morgan fingerprint density at radius 2 is 1.75 bits per heavy atom. The lowest BCUT2D eigenvalue weighted by molar-refractivity contribution is 0.0695. The van der Waals surface area contributed by atoms with Crippen LogP contribution in [0.3, 0.4) is 0 Å². The van der Waals surface area contributed by atoms with Crippen LogP contribution >= 0.6 is 0 Å². The minimum absolute atomic E-state index is 0.195. The summed E-state index contributed by atoms with van der Waals surface area (Å²) in [5.41, 5.74) is 1.15. The summed E-state index contributed by atoms with van der Waals surface area (Å²) in [5.74, 6) is -2.25. The summed E-state index contributed by atoms with van der Waals surface area (Å²) in [4.78, 5) is 11.0. The van der Waals surface area contributed by atoms with Crippen molar-refractivity contribution in [2.24, 2.45) is 0 Å². The first-order valence-corrected chi connectivity index (χ1v) is 6.04. The Balaban J connectivity index is 2.01. The van der Waals surface area contributed by atoms with Gasteiger partial charge in [-0.3, -0.25) is 0 Å². The van der Waals surface area contributed by atoms with Crippen LogP contribution in [0.25, 0.3) is 0 Å². The van der Waals surface area contributed by atoms with E-state index >= 15 is 0 Å². The molecule has 0 saturated carbocycles. The molecule has 0 aliphatic heterocycles. The van der Waals surface area contributed by atoms with E-state index in [0.29, 0.717) is 17.7 Å². The lowest BCUT2D eigenvalue weighted by atomic mass is 10.1. The highest BCUT2D eigenvalue weighted by molar-refractivity contribution is 5.89. The highest BCUT2D eigenvalue weighted by Gasteiger charge is 2.09. The molecule has 0 saturated heterocycles. The molecule has 0 bridgehead atoms. The fourth-order valence-corrected chi connectivity index (χ4v) is 1.88. The lowest BCUT2D eigenvalue weighted by Gasteiger charge is -2.08. The SMILES string of the molecule is O=C(O)c1ccccc1CNCc1ccc(F)cc1F. The van der Waals surface area contributed by atoms with E-state index in [2.05, 4.69) is 5.32 Å². The van der Waals surface area contributed by atoms with Gasteiger partial charge in [-0.2, -0.15) is 0 Å². The molecule has 3 nitrogen and oxygen atoms in total. The number of hydrogen-bond acceptors (Lipinski definition) is 2. The van der Waals surface area contributed by atoms with Gasteiger partial charge in [-0.05, 0) is 17.7 Å². The van der Waals surface area contributed by atoms with Crippen molar-refractivity contribution < 1.29 is 18.7 Å². The molecule has 0 unspecified atom stereocenters. The molecule has 0 amide bonds. The minimum Gasteiger partial charge on any atom is -0.478 e. The summed E-state index contributed by atoms with van der Waals surface area (Å²) >= 11 is 0. The fourth-order valence-electron chi connectivity index (χ4n) is 1.88. The van der Waals surface area contributed by atoms with Crippen LogP contribution in [0.15, 0.2) is 42.5 Å². The number of halogens is 2. The summed E-state index contributed by atoms with van der Waals surface area (Å²) in [6, 6.07) is 9.96. The van der Waals surface area contributed by atoms with E-state index in [0.717, 1.165) is 6.07 Å². The van der Waals surface area contributed by atoms with E-state index in [1.54, 1.807) is 18.2 Å². The Labute approximate surface area is 114 Å². The van der Waals surface area contributed by atoms with Gasteiger partial charge < -0.3 is 10.4 Å². The molecule has 0 fully saturated rings. The van der Waals surface area contributed by atoms with E-state index in [9.17, 15) is 13.6 Å². The van der Waals surface area contributed by atoms with Crippen molar-refractivity contribution in [2.45, 2.75) is 13.1 Å². The quantitative estimate of drug-likeness (QED) is 0.883. The number of nitrogens with one attached hydrogen (secondary N) is 1. The van der Waals surface area contributed by atoms with E-state index in [1.807, 2.05) is 0 Å². The zero-order valence-electron chi connectivity index (χ0n) is 10.6. The molecular weight excluding hydrogens is 264 g/mol. The smallest absolute Gasteiger partial charge is 0.336 e. The number of hydrogen-bond donors (Lipinski definition) is 2. The number of rotatable bonds is 5. The van der Waals surface area contributed by atoms with Crippen LogP contribution in [0.5, 0.6) is 0 Å². The number of carboxylic acids is 1. The summed E-state index contributed by atoms with van der Waals surface area (Å²) in [7, 11) is 0. The Kier molecular flexibility index (Phi) is 4.42. The zero-order valence-corrected chi connectivity index (χ0v) is 10.6. The molecule has 0 radical (unpaired) electrons. The zero-order chi connectivity index (χ0) is 14.5. The molecule has 2 rings (SSSR count). The van der Waals surface area contributed by atoms with Crippen molar-refractivity contribution in [1.29, 1.82) is 0 Å². The second-order valence-corrected chi connectivity index (χ2v) is 4.30. The molecular formula is C15H13F2NO2. The summed E-state index contributed by atoms with van der Waals surface area (Å²) in [6.45, 7) is 0.485. The van der Waals surface area contributed by atoms with E-state index in [4.69, 9.17) is 5.11 Å². The Bertz CT molecular complexity index is 629. The first-order valence-electron chi connectivity index (χ1n) is 6.04. The largest absolute Gasteiger partial charge is 0.478 e. The van der Waals surface area contributed by atoms with Gasteiger partial charge in [0.25, 0.3) is 0 Å². The first-order chi connectivity index (χ1) is 9.58. The molecule has 0 aromatic heterocycles. The maximum Gasteiger partial charge on any atom is 0.336 e. The highest BCUT2D eigenvalue weighted by atomic mass is 19.1. The number of carbonyl (C=O) groups is 1. The van der Waals surface area contributed by atoms with Crippen LogP contribution in [-0.2, 0) is 13.1 Å². The second kappa shape index (κ2) is 6.25. The maximum atomic E-state index is 13.4. The van der Waals surface area contributed by atoms with Crippen molar-refractivity contribution in [1.82, 2.24) is 5.32 Å². The molecule has 104 valence electrons. The highest BCUT2D eigenvalue weighted by Crippen LogP contribution is 2.11. The molecule has 0 atom stereocenters. The second-order valence-electron chi connectivity index (χ2n) is 4.30. The predicted octanol–water partition coefficient (Wildman–Crippen LogP) is 2.95. The topological polar surface area (TPSA) is 49.3 Å². The molecule has 0 spiro atoms. The van der Waals surface area contributed by atoms with Crippen LogP contribution < -0.4 is 5.32 Å². The molecule has 0 aliphatic rings. The summed E-state index contributed by atoms with van der Waals surface area (Å²) in [5, 5.41) is 12.0. The minimum atomic E-state index is -1.00. The van der Waals surface area contributed by atoms with Crippen molar-refractivity contribution in [3.8, 4) is 0 Å². The lowest BCUT2D eigenvalue weighted by Crippen LogP contribution is -2.16. The van der Waals surface area contributed by atoms with Gasteiger partial charge in [-0.1, -0.05) is 24.3 Å². The average Bonchev–Trinajstić information content (AvgIpc) is 2.41. The Morgan fingerprint density at radius 1 is 1.05 bits per heavy atom. The van der Waals surface area contributed by atoms with Gasteiger partial charge in [-0.15, -0.1) is 0 Å². The first kappa shape index (κ1) is 14.1. The van der Waals surface area contributed by atoms with Gasteiger partial charge in [0, 0.05) is 24.7 Å². The van der Waals surface area contributed by atoms with Crippen LogP contribution in [0, 0.1) is 11.6 Å². The van der Waals surface area contributed by atoms with Crippen LogP contribution in [0.2, 0.25) is 0 Å². The van der Waals surface area contributed by atoms with Crippen LogP contribution in [0.1, 0.15) is 21.5 Å². The van der Waals surface area contributed by atoms with Crippen molar-refractivity contribution in [2.75, 3.05) is 0 Å². The molecule has 2 aromatic carbocycles. The van der Waals surface area contributed by atoms with Gasteiger partial charge in [-0.25, -0.2) is 13.6 Å². The van der Waals surface area contributed by atoms with Crippen molar-refractivity contribution >= 4 is 5.97 Å². The van der Waals surface area contributed by atoms with Crippen LogP contribution in [-0.4, -0.2) is 11.1 Å². The van der Waals surface area contributed by atoms with Crippen molar-refractivity contribution in [3.05, 3.63) is 70.8 Å². The normalized spacial score (nSPS) is 10.5. The van der Waals surface area contributed by atoms with E-state index in [1.165, 1.54) is 18.2 Å². The Hall–Kier alpha value is -2.27. The van der Waals surface area contributed by atoms with Gasteiger partial charge in [0.1, 0.15) is 11.6 Å². The average molecular weight is 277 g/mol. The third kappa shape index (κ3) is 3.39. The maximum absolute atomic E-state index is 13.4. The number of carboxylic acid groups (broad SMARTS) is 1. The standard InChI is InChI=1S/C15H13F2NO2/c16-12-6-5-11(14(17)7-12)9-18-8-10-3-1-2-4-13(10)15(19)20/h1-7,18H,8-9H2,(H,19,20). The summed E-state index contributed by atoms with van der Waals surface area (Å²) < 4.78 is 26.2. The van der Waals surface area contributed by atoms with Crippen molar-refractivity contribution in [3.63, 3.8) is 0 Å². The van der Waals surface area contributed by atoms with Gasteiger partial charge in [0.2, 0.25) is 0 Å². The molecule has 5 heteroatoms. The third-order valence-electron chi connectivity index (χ3n) is 2.89. The number of aromatic carboxylic acids is 1. The molecule has 0 aliphatic carbocycles. The van der Waals surface area contributed by atoms with Crippen LogP contribution in [0.4, 0.5) is 8.78 Å². The molecule has 2 N–H and O–H groups in total. The fraction of sp³-hybridized carbons (Fsp3) is 0.133. The number of benzene rings is 2. The van der Waals surface area contributed by atoms with Gasteiger partial charge in [0.05, 0.1) is 5.56 Å². The van der Waals surface area contributed by atoms with Gasteiger partial charge >= 0.3 is 5.97 Å². The molecule has 2 aromatic rings. The third-order valence-corrected chi connectivity index (χ3v) is 2.89. The summed E-state index contributed by atoms with van der Waals surface area (Å²) in [6.07, 6.45) is 0. The Morgan fingerprint density at radius 3 is 2.45 bits per heavy atom. The molecule has 0 heterocycles. The van der Waals surface area contributed by atoms with E-state index < -0.39 is 17.6 Å². The monoisotopic (exact) mass is 277 g/mol. The van der Waals surface area contributed by atoms with E-state index in [-0.39, 0.29) is 12.1 Å². The van der Waals surface area contributed by atoms with Gasteiger partial charge in [0.15, 0.2) is 0 Å². The molecule has 20 heavy (non-hydrogen) atoms. The predicted molar refractivity (Wildman–Crippen MR) is 70.3 cm³/mol.